The van der Waals surface area contributed by atoms with Crippen LogP contribution in [0.5, 0.6) is 5.75 Å². The van der Waals surface area contributed by atoms with Crippen molar-refractivity contribution < 1.29 is 4.74 Å². The molecule has 0 saturated heterocycles. The quantitative estimate of drug-likeness (QED) is 0.891. The molecule has 2 nitrogen and oxygen atoms in total. The van der Waals surface area contributed by atoms with Gasteiger partial charge in [-0.3, -0.25) is 0 Å². The van der Waals surface area contributed by atoms with E-state index in [2.05, 4.69) is 44.4 Å². The second kappa shape index (κ2) is 4.82. The number of fused-ring (bicyclic) bond motifs is 1. The highest BCUT2D eigenvalue weighted by atomic mass is 16.5. The van der Waals surface area contributed by atoms with Crippen molar-refractivity contribution in [2.24, 2.45) is 5.92 Å². The predicted molar refractivity (Wildman–Crippen MR) is 78.7 cm³/mol. The van der Waals surface area contributed by atoms with Crippen molar-refractivity contribution in [3.8, 4) is 5.75 Å². The van der Waals surface area contributed by atoms with E-state index in [-0.39, 0.29) is 5.41 Å². The van der Waals surface area contributed by atoms with Crippen molar-refractivity contribution in [3.05, 3.63) is 29.3 Å². The second-order valence-corrected chi connectivity index (χ2v) is 6.74. The molecule has 2 heteroatoms. The third-order valence-corrected chi connectivity index (χ3v) is 4.86. The summed E-state index contributed by atoms with van der Waals surface area (Å²) in [5.74, 6) is 1.88. The van der Waals surface area contributed by atoms with Gasteiger partial charge in [-0.15, -0.1) is 0 Å². The Balaban J connectivity index is 1.92. The van der Waals surface area contributed by atoms with Gasteiger partial charge in [-0.2, -0.15) is 0 Å². The van der Waals surface area contributed by atoms with Crippen LogP contribution in [0.2, 0.25) is 0 Å². The molecule has 1 aliphatic heterocycles. The van der Waals surface area contributed by atoms with Crippen LogP contribution >= 0.6 is 0 Å². The van der Waals surface area contributed by atoms with E-state index >= 15 is 0 Å². The highest BCUT2D eigenvalue weighted by Crippen LogP contribution is 2.42. The maximum atomic E-state index is 5.79. The van der Waals surface area contributed by atoms with Crippen LogP contribution in [0.25, 0.3) is 0 Å². The number of rotatable bonds is 3. The van der Waals surface area contributed by atoms with Crippen molar-refractivity contribution in [1.82, 2.24) is 5.32 Å². The predicted octanol–water partition coefficient (Wildman–Crippen LogP) is 3.81. The molecule has 104 valence electrons. The van der Waals surface area contributed by atoms with E-state index in [0.717, 1.165) is 18.3 Å². The van der Waals surface area contributed by atoms with Crippen molar-refractivity contribution in [2.45, 2.75) is 51.0 Å². The fraction of sp³-hybridized carbons (Fsp3) is 0.647. The van der Waals surface area contributed by atoms with Gasteiger partial charge in [-0.05, 0) is 43.5 Å². The molecule has 1 heterocycles. The summed E-state index contributed by atoms with van der Waals surface area (Å²) in [6, 6.07) is 7.30. The van der Waals surface area contributed by atoms with Gasteiger partial charge in [-0.25, -0.2) is 0 Å². The smallest absolute Gasteiger partial charge is 0.123 e. The third-order valence-electron chi connectivity index (χ3n) is 4.86. The molecule has 0 spiro atoms. The van der Waals surface area contributed by atoms with Crippen molar-refractivity contribution in [3.63, 3.8) is 0 Å². The Kier molecular flexibility index (Phi) is 3.30. The molecular formula is C17H25NO. The summed E-state index contributed by atoms with van der Waals surface area (Å²) in [5.41, 5.74) is 2.97. The number of benzene rings is 1. The van der Waals surface area contributed by atoms with Crippen LogP contribution in [-0.4, -0.2) is 13.7 Å². The Morgan fingerprint density at radius 2 is 2.00 bits per heavy atom. The Morgan fingerprint density at radius 1 is 1.26 bits per heavy atom. The normalized spacial score (nSPS) is 23.1. The first-order chi connectivity index (χ1) is 9.12. The van der Waals surface area contributed by atoms with Crippen molar-refractivity contribution >= 4 is 0 Å². The topological polar surface area (TPSA) is 21.3 Å². The van der Waals surface area contributed by atoms with E-state index in [0.29, 0.717) is 6.04 Å². The number of hydrogen-bond donors (Lipinski definition) is 1. The van der Waals surface area contributed by atoms with Crippen molar-refractivity contribution in [2.75, 3.05) is 13.7 Å². The molecule has 1 fully saturated rings. The van der Waals surface area contributed by atoms with E-state index in [1.807, 2.05) is 0 Å². The monoisotopic (exact) mass is 259 g/mol. The first-order valence-corrected chi connectivity index (χ1v) is 7.56. The average molecular weight is 259 g/mol. The van der Waals surface area contributed by atoms with E-state index in [1.165, 1.54) is 36.8 Å². The molecule has 1 aliphatic carbocycles. The zero-order valence-corrected chi connectivity index (χ0v) is 12.3. The maximum Gasteiger partial charge on any atom is 0.123 e. The standard InChI is InChI=1S/C17H25NO/c1-17(2)11-19-15-9-8-13(10-14(15)17)16(18-3)12-6-4-5-7-12/h8-10,12,16,18H,4-7,11H2,1-3H3. The van der Waals surface area contributed by atoms with Crippen LogP contribution < -0.4 is 10.1 Å². The summed E-state index contributed by atoms with van der Waals surface area (Å²) in [6.07, 6.45) is 5.51. The van der Waals surface area contributed by atoms with Crippen LogP contribution in [0.3, 0.4) is 0 Å². The minimum atomic E-state index is 0.152. The molecule has 1 saturated carbocycles. The van der Waals surface area contributed by atoms with Gasteiger partial charge in [0.15, 0.2) is 0 Å². The summed E-state index contributed by atoms with van der Waals surface area (Å²) >= 11 is 0. The molecule has 1 unspecified atom stereocenters. The van der Waals surface area contributed by atoms with Gasteiger partial charge in [0.2, 0.25) is 0 Å². The van der Waals surface area contributed by atoms with Gasteiger partial charge in [0.25, 0.3) is 0 Å². The lowest BCUT2D eigenvalue weighted by atomic mass is 9.83. The molecule has 19 heavy (non-hydrogen) atoms. The second-order valence-electron chi connectivity index (χ2n) is 6.74. The van der Waals surface area contributed by atoms with Gasteiger partial charge in [-0.1, -0.05) is 32.8 Å². The zero-order chi connectivity index (χ0) is 13.5. The van der Waals surface area contributed by atoms with Crippen LogP contribution in [-0.2, 0) is 5.41 Å². The third kappa shape index (κ3) is 2.27. The molecule has 0 aromatic heterocycles. The first-order valence-electron chi connectivity index (χ1n) is 7.56. The molecule has 1 aromatic carbocycles. The lowest BCUT2D eigenvalue weighted by Crippen LogP contribution is -2.24. The number of ether oxygens (including phenoxy) is 1. The first kappa shape index (κ1) is 13.0. The average Bonchev–Trinajstić information content (AvgIpc) is 3.00. The van der Waals surface area contributed by atoms with Crippen LogP contribution in [0.1, 0.15) is 56.7 Å². The molecule has 0 amide bonds. The van der Waals surface area contributed by atoms with Crippen LogP contribution in [0, 0.1) is 5.92 Å². The van der Waals surface area contributed by atoms with Gasteiger partial charge in [0, 0.05) is 17.0 Å². The highest BCUT2D eigenvalue weighted by molar-refractivity contribution is 5.46. The van der Waals surface area contributed by atoms with Gasteiger partial charge >= 0.3 is 0 Å². The fourth-order valence-corrected chi connectivity index (χ4v) is 3.70. The maximum absolute atomic E-state index is 5.79. The van der Waals surface area contributed by atoms with Gasteiger partial charge in [0.05, 0.1) is 6.61 Å². The molecule has 1 atom stereocenters. The molecule has 3 rings (SSSR count). The van der Waals surface area contributed by atoms with E-state index in [1.54, 1.807) is 0 Å². The molecule has 2 aliphatic rings. The lowest BCUT2D eigenvalue weighted by Gasteiger charge is -2.25. The molecular weight excluding hydrogens is 234 g/mol. The number of nitrogens with one attached hydrogen (secondary N) is 1. The lowest BCUT2D eigenvalue weighted by molar-refractivity contribution is 0.291. The van der Waals surface area contributed by atoms with Gasteiger partial charge in [0.1, 0.15) is 5.75 Å². The summed E-state index contributed by atoms with van der Waals surface area (Å²) < 4.78 is 5.79. The minimum Gasteiger partial charge on any atom is -0.492 e. The summed E-state index contributed by atoms with van der Waals surface area (Å²) in [7, 11) is 2.10. The van der Waals surface area contributed by atoms with Crippen LogP contribution in [0.4, 0.5) is 0 Å². The molecule has 0 bridgehead atoms. The molecule has 1 N–H and O–H groups in total. The Morgan fingerprint density at radius 3 is 2.68 bits per heavy atom. The summed E-state index contributed by atoms with van der Waals surface area (Å²) in [5, 5.41) is 3.54. The Bertz CT molecular complexity index is 460. The zero-order valence-electron chi connectivity index (χ0n) is 12.3. The highest BCUT2D eigenvalue weighted by Gasteiger charge is 2.33. The van der Waals surface area contributed by atoms with Crippen LogP contribution in [0.15, 0.2) is 18.2 Å². The largest absolute Gasteiger partial charge is 0.492 e. The number of hydrogen-bond acceptors (Lipinski definition) is 2. The van der Waals surface area contributed by atoms with Gasteiger partial charge < -0.3 is 10.1 Å². The van der Waals surface area contributed by atoms with E-state index < -0.39 is 0 Å². The summed E-state index contributed by atoms with van der Waals surface area (Å²) in [4.78, 5) is 0. The minimum absolute atomic E-state index is 0.152. The summed E-state index contributed by atoms with van der Waals surface area (Å²) in [6.45, 7) is 5.35. The SMILES string of the molecule is CNC(c1ccc2c(c1)C(C)(C)CO2)C1CCCC1. The van der Waals surface area contributed by atoms with Crippen molar-refractivity contribution in [1.29, 1.82) is 0 Å². The Hall–Kier alpha value is -1.02. The molecule has 0 radical (unpaired) electrons. The molecule has 1 aromatic rings. The fourth-order valence-electron chi connectivity index (χ4n) is 3.70. The Labute approximate surface area is 116 Å². The van der Waals surface area contributed by atoms with E-state index in [4.69, 9.17) is 4.74 Å². The van der Waals surface area contributed by atoms with E-state index in [9.17, 15) is 0 Å².